The highest BCUT2D eigenvalue weighted by atomic mass is 32.1. The summed E-state index contributed by atoms with van der Waals surface area (Å²) in [7, 11) is 4.95. The van der Waals surface area contributed by atoms with E-state index in [-0.39, 0.29) is 54.1 Å². The Balaban J connectivity index is 1.75. The summed E-state index contributed by atoms with van der Waals surface area (Å²) in [6, 6.07) is 8.53. The molecule has 256 valence electrons. The van der Waals surface area contributed by atoms with Crippen LogP contribution in [-0.2, 0) is 30.3 Å². The molecule has 2 aromatic rings. The largest absolute Gasteiger partial charge is 0.379 e. The average molecular weight is 658 g/mol. The quantitative estimate of drug-likeness (QED) is 0.258. The van der Waals surface area contributed by atoms with Crippen LogP contribution in [0.4, 0.5) is 0 Å². The van der Waals surface area contributed by atoms with Gasteiger partial charge in [0.05, 0.1) is 48.7 Å². The number of carbonyl (C=O) groups is 3. The number of likely N-dealkylation sites (N-methyl/N-ethyl adjacent to an activating group) is 1. The van der Waals surface area contributed by atoms with Crippen molar-refractivity contribution in [3.05, 3.63) is 52.5 Å². The molecule has 1 aliphatic heterocycles. The lowest BCUT2D eigenvalue weighted by atomic mass is 9.89. The summed E-state index contributed by atoms with van der Waals surface area (Å²) in [5.41, 5.74) is 7.35. The lowest BCUT2D eigenvalue weighted by Gasteiger charge is -2.40. The van der Waals surface area contributed by atoms with Crippen molar-refractivity contribution < 1.29 is 23.9 Å². The number of rotatable bonds is 17. The van der Waals surface area contributed by atoms with Crippen LogP contribution in [0.2, 0.25) is 0 Å². The maximum absolute atomic E-state index is 14.0. The first-order valence-corrected chi connectivity index (χ1v) is 17.4. The Kier molecular flexibility index (Phi) is 14.6. The van der Waals surface area contributed by atoms with E-state index in [0.717, 1.165) is 29.8 Å². The predicted octanol–water partition coefficient (Wildman–Crippen LogP) is 4.45. The predicted molar refractivity (Wildman–Crippen MR) is 182 cm³/mol. The lowest BCUT2D eigenvalue weighted by Crippen LogP contribution is -2.56. The fourth-order valence-electron chi connectivity index (χ4n) is 6.59. The Morgan fingerprint density at radius 1 is 1.13 bits per heavy atom. The van der Waals surface area contributed by atoms with Gasteiger partial charge in [0.1, 0.15) is 5.01 Å². The van der Waals surface area contributed by atoms with Gasteiger partial charge in [-0.3, -0.25) is 14.4 Å². The SMILES string of the molecule is CCC(C)C([C@@H](CC(=O)N1CCC[C@H]1[C@H](OC)[C@@H](C)C(=O)N[C@@H](Cc1ccccc1)c1nccs1)OC)N(C)C(=O)[C@@H](N)C(C)C. The number of aromatic nitrogens is 1. The number of benzene rings is 1. The van der Waals surface area contributed by atoms with Crippen LogP contribution in [0.1, 0.15) is 76.9 Å². The molecule has 3 amide bonds. The smallest absolute Gasteiger partial charge is 0.239 e. The van der Waals surface area contributed by atoms with E-state index in [1.807, 2.05) is 61.4 Å². The first-order valence-electron chi connectivity index (χ1n) is 16.6. The van der Waals surface area contributed by atoms with E-state index in [0.29, 0.717) is 13.0 Å². The number of likely N-dealkylation sites (tertiary alicyclic amines) is 1. The van der Waals surface area contributed by atoms with Gasteiger partial charge < -0.3 is 30.3 Å². The summed E-state index contributed by atoms with van der Waals surface area (Å²) in [5.74, 6) is -0.824. The van der Waals surface area contributed by atoms with Crippen LogP contribution >= 0.6 is 11.3 Å². The molecule has 1 aromatic carbocycles. The topological polar surface area (TPSA) is 127 Å². The third-order valence-electron chi connectivity index (χ3n) is 9.61. The van der Waals surface area contributed by atoms with Crippen LogP contribution in [0, 0.1) is 17.8 Å². The molecule has 1 fully saturated rings. The second kappa shape index (κ2) is 17.9. The van der Waals surface area contributed by atoms with Gasteiger partial charge in [-0.2, -0.15) is 0 Å². The zero-order valence-corrected chi connectivity index (χ0v) is 29.7. The van der Waals surface area contributed by atoms with E-state index in [4.69, 9.17) is 15.2 Å². The van der Waals surface area contributed by atoms with Crippen molar-refractivity contribution in [1.82, 2.24) is 20.1 Å². The van der Waals surface area contributed by atoms with Gasteiger partial charge in [0.25, 0.3) is 0 Å². The number of nitrogens with zero attached hydrogens (tertiary/aromatic N) is 3. The Hall–Kier alpha value is -2.86. The van der Waals surface area contributed by atoms with Crippen LogP contribution in [0.15, 0.2) is 41.9 Å². The molecule has 1 aromatic heterocycles. The third kappa shape index (κ3) is 9.36. The molecule has 0 saturated carbocycles. The highest BCUT2D eigenvalue weighted by molar-refractivity contribution is 7.09. The maximum atomic E-state index is 14.0. The van der Waals surface area contributed by atoms with Gasteiger partial charge >= 0.3 is 0 Å². The molecule has 2 heterocycles. The fourth-order valence-corrected chi connectivity index (χ4v) is 7.28. The molecule has 1 saturated heterocycles. The number of methoxy groups -OCH3 is 2. The van der Waals surface area contributed by atoms with Gasteiger partial charge in [-0.05, 0) is 36.7 Å². The molecule has 8 atom stereocenters. The van der Waals surface area contributed by atoms with Gasteiger partial charge in [0.2, 0.25) is 17.7 Å². The number of ether oxygens (including phenoxy) is 2. The Morgan fingerprint density at radius 2 is 1.83 bits per heavy atom. The number of nitrogens with two attached hydrogens (primary N) is 1. The number of carbonyl (C=O) groups excluding carboxylic acids is 3. The molecule has 1 aliphatic rings. The molecule has 3 rings (SSSR count). The van der Waals surface area contributed by atoms with E-state index in [1.165, 1.54) is 11.3 Å². The number of thiazole rings is 1. The molecule has 0 radical (unpaired) electrons. The van der Waals surface area contributed by atoms with Crippen molar-refractivity contribution in [2.45, 2.75) is 103 Å². The number of hydrogen-bond acceptors (Lipinski definition) is 8. The van der Waals surface area contributed by atoms with Gasteiger partial charge in [-0.15, -0.1) is 11.3 Å². The number of hydrogen-bond donors (Lipinski definition) is 2. The van der Waals surface area contributed by atoms with Crippen LogP contribution < -0.4 is 11.1 Å². The maximum Gasteiger partial charge on any atom is 0.239 e. The highest BCUT2D eigenvalue weighted by Gasteiger charge is 2.42. The van der Waals surface area contributed by atoms with Crippen LogP contribution in [0.3, 0.4) is 0 Å². The zero-order chi connectivity index (χ0) is 34.0. The summed E-state index contributed by atoms with van der Waals surface area (Å²) in [6.45, 7) is 10.4. The molecule has 3 N–H and O–H groups in total. The summed E-state index contributed by atoms with van der Waals surface area (Å²) in [6.07, 6.45) is 3.81. The van der Waals surface area contributed by atoms with Crippen LogP contribution in [0.25, 0.3) is 0 Å². The van der Waals surface area contributed by atoms with E-state index >= 15 is 0 Å². The fraction of sp³-hybridized carbons (Fsp3) is 0.657. The van der Waals surface area contributed by atoms with Gasteiger partial charge in [0.15, 0.2) is 0 Å². The monoisotopic (exact) mass is 657 g/mol. The Bertz CT molecular complexity index is 1230. The number of nitrogens with one attached hydrogen (secondary N) is 1. The minimum absolute atomic E-state index is 0.0131. The van der Waals surface area contributed by atoms with Gasteiger partial charge in [-0.25, -0.2) is 4.98 Å². The standard InChI is InChI=1S/C35H55N5O5S/c1-9-23(4)31(39(6)35(43)30(36)22(2)3)28(44-7)21-29(41)40-18-13-16-27(40)32(45-8)24(5)33(42)38-26(34-37-17-19-46-34)20-25-14-11-10-12-15-25/h10-12,14-15,17,19,22-24,26-28,30-32H,9,13,16,18,20-21,36H2,1-8H3,(H,38,42)/t23?,24-,26+,27+,28-,30+,31?,32-/m1/s1. The van der Waals surface area contributed by atoms with Gasteiger partial charge in [-0.1, -0.05) is 71.4 Å². The van der Waals surface area contributed by atoms with Crippen molar-refractivity contribution in [3.63, 3.8) is 0 Å². The minimum Gasteiger partial charge on any atom is -0.379 e. The summed E-state index contributed by atoms with van der Waals surface area (Å²) < 4.78 is 11.9. The van der Waals surface area contributed by atoms with Gasteiger partial charge in [0, 0.05) is 39.4 Å². The van der Waals surface area contributed by atoms with E-state index in [1.54, 1.807) is 32.4 Å². The van der Waals surface area contributed by atoms with Crippen molar-refractivity contribution >= 4 is 29.1 Å². The van der Waals surface area contributed by atoms with E-state index in [9.17, 15) is 14.4 Å². The highest BCUT2D eigenvalue weighted by Crippen LogP contribution is 2.30. The molecule has 0 aliphatic carbocycles. The van der Waals surface area contributed by atoms with Crippen molar-refractivity contribution in [3.8, 4) is 0 Å². The molecule has 0 bridgehead atoms. The normalized spacial score (nSPS) is 19.6. The summed E-state index contributed by atoms with van der Waals surface area (Å²) >= 11 is 1.51. The average Bonchev–Trinajstić information content (AvgIpc) is 3.77. The minimum atomic E-state index is -0.634. The molecule has 10 nitrogen and oxygen atoms in total. The van der Waals surface area contributed by atoms with E-state index < -0.39 is 24.2 Å². The van der Waals surface area contributed by atoms with Crippen LogP contribution in [0.5, 0.6) is 0 Å². The third-order valence-corrected chi connectivity index (χ3v) is 10.5. The first kappa shape index (κ1) is 37.6. The lowest BCUT2D eigenvalue weighted by molar-refractivity contribution is -0.146. The molecular formula is C35H55N5O5S. The van der Waals surface area contributed by atoms with Crippen molar-refractivity contribution in [2.24, 2.45) is 23.5 Å². The number of amides is 3. The first-order chi connectivity index (χ1) is 21.9. The van der Waals surface area contributed by atoms with Crippen molar-refractivity contribution in [1.29, 1.82) is 0 Å². The second-order valence-electron chi connectivity index (χ2n) is 13.0. The molecular weight excluding hydrogens is 602 g/mol. The van der Waals surface area contributed by atoms with Crippen molar-refractivity contribution in [2.75, 3.05) is 27.8 Å². The molecule has 2 unspecified atom stereocenters. The molecule has 11 heteroatoms. The molecule has 46 heavy (non-hydrogen) atoms. The Morgan fingerprint density at radius 3 is 2.39 bits per heavy atom. The summed E-state index contributed by atoms with van der Waals surface area (Å²) in [5, 5.41) is 5.98. The molecule has 0 spiro atoms. The zero-order valence-electron chi connectivity index (χ0n) is 28.8. The second-order valence-corrected chi connectivity index (χ2v) is 13.9. The Labute approximate surface area is 279 Å². The summed E-state index contributed by atoms with van der Waals surface area (Å²) in [4.78, 5) is 49.0. The van der Waals surface area contributed by atoms with E-state index in [2.05, 4.69) is 24.1 Å². The van der Waals surface area contributed by atoms with Crippen LogP contribution in [-0.4, -0.2) is 90.7 Å².